The molecule has 0 saturated carbocycles. The van der Waals surface area contributed by atoms with Gasteiger partial charge in [-0.2, -0.15) is 0 Å². The molecule has 0 aliphatic carbocycles. The number of rotatable bonds is 2. The number of hydrogen-bond acceptors (Lipinski definition) is 6. The molecule has 2 aliphatic rings. The van der Waals surface area contributed by atoms with E-state index in [-0.39, 0.29) is 60.7 Å². The van der Waals surface area contributed by atoms with Crippen molar-refractivity contribution in [3.63, 3.8) is 0 Å². The molecule has 0 spiro atoms. The van der Waals surface area contributed by atoms with Crippen molar-refractivity contribution in [3.8, 4) is 0 Å². The van der Waals surface area contributed by atoms with E-state index in [1.54, 1.807) is 0 Å². The summed E-state index contributed by atoms with van der Waals surface area (Å²) in [6.07, 6.45) is 1.33. The summed E-state index contributed by atoms with van der Waals surface area (Å²) in [4.78, 5) is 40.8. The molecule has 2 atom stereocenters. The Balaban J connectivity index is 0.000000324. The molecule has 0 aromatic rings. The smallest absolute Gasteiger partial charge is 0.548 e. The van der Waals surface area contributed by atoms with Gasteiger partial charge in [-0.05, 0) is 12.8 Å². The fraction of sp³-hybridized carbons (Fsp3) is 0.600. The average molecular weight is 394 g/mol. The number of aliphatic carboxylic acids is 2. The third-order valence-corrected chi connectivity index (χ3v) is 2.56. The first-order chi connectivity index (χ1) is 8.40. The Labute approximate surface area is 149 Å². The van der Waals surface area contributed by atoms with Gasteiger partial charge in [0.25, 0.3) is 0 Å². The van der Waals surface area contributed by atoms with Gasteiger partial charge in [0, 0.05) is 12.8 Å². The van der Waals surface area contributed by atoms with Crippen molar-refractivity contribution in [2.24, 2.45) is 0 Å². The minimum atomic E-state index is -1.19. The minimum absolute atomic E-state index is 0. The molecule has 0 aromatic carbocycles. The molecule has 2 fully saturated rings. The number of carboxylic acids is 2. The van der Waals surface area contributed by atoms with Gasteiger partial charge < -0.3 is 30.4 Å². The predicted molar refractivity (Wildman–Crippen MR) is 58.1 cm³/mol. The number of carboxylic acid groups (broad SMARTS) is 2. The molecule has 2 rings (SSSR count). The normalized spacial score (nSPS) is 24.4. The molecule has 8 nitrogen and oxygen atoms in total. The second kappa shape index (κ2) is 8.59. The number of carbonyl (C=O) groups excluding carboxylic acids is 4. The van der Waals surface area contributed by atoms with Gasteiger partial charge >= 0.3 is 48.9 Å². The monoisotopic (exact) mass is 394 g/mol. The first-order valence-electron chi connectivity index (χ1n) is 5.40. The van der Waals surface area contributed by atoms with Gasteiger partial charge in [-0.25, -0.2) is 0 Å². The summed E-state index contributed by atoms with van der Waals surface area (Å²) in [5, 5.41) is 24.5. The quantitative estimate of drug-likeness (QED) is 0.455. The maximum atomic E-state index is 10.4. The second-order valence-electron chi connectivity index (χ2n) is 3.96. The van der Waals surface area contributed by atoms with E-state index in [0.717, 1.165) is 0 Å². The van der Waals surface area contributed by atoms with E-state index in [9.17, 15) is 29.4 Å². The fourth-order valence-electron chi connectivity index (χ4n) is 1.58. The number of nitrogens with one attached hydrogen (secondary N) is 2. The topological polar surface area (TPSA) is 138 Å². The first-order valence-corrected chi connectivity index (χ1v) is 5.40. The number of amides is 2. The van der Waals surface area contributed by atoms with Crippen molar-refractivity contribution in [2.75, 3.05) is 0 Å². The standard InChI is InChI=1S/2C5H7NO3.Ba/c2*7-4-2-1-3(6-4)5(8)9;/h2*3H,1-2H2,(H,6,7)(H,8,9);/q;;+2/p-2/t2*3-;/m00./s1. The summed E-state index contributed by atoms with van der Waals surface area (Å²) in [6, 6.07) is -1.50. The van der Waals surface area contributed by atoms with Gasteiger partial charge in [-0.1, -0.05) is 0 Å². The van der Waals surface area contributed by atoms with Crippen LogP contribution in [0.3, 0.4) is 0 Å². The zero-order valence-electron chi connectivity index (χ0n) is 10.1. The van der Waals surface area contributed by atoms with Crippen LogP contribution in [0, 0.1) is 0 Å². The summed E-state index contributed by atoms with van der Waals surface area (Å²) in [6.45, 7) is 0. The molecule has 9 heteroatoms. The van der Waals surface area contributed by atoms with Gasteiger partial charge in [0.05, 0.1) is 24.0 Å². The van der Waals surface area contributed by atoms with Gasteiger partial charge in [0.2, 0.25) is 11.8 Å². The molecule has 2 aliphatic heterocycles. The minimum Gasteiger partial charge on any atom is -0.548 e. The Morgan fingerprint density at radius 1 is 0.895 bits per heavy atom. The third kappa shape index (κ3) is 6.43. The van der Waals surface area contributed by atoms with E-state index in [1.807, 2.05) is 0 Å². The molecular formula is C10H12BaN2O6. The van der Waals surface area contributed by atoms with Crippen LogP contribution in [0.5, 0.6) is 0 Å². The van der Waals surface area contributed by atoms with E-state index in [2.05, 4.69) is 10.6 Å². The Morgan fingerprint density at radius 2 is 1.21 bits per heavy atom. The molecule has 0 aromatic heterocycles. The summed E-state index contributed by atoms with van der Waals surface area (Å²) >= 11 is 0. The molecule has 2 heterocycles. The largest absolute Gasteiger partial charge is 2.00 e. The molecule has 0 radical (unpaired) electrons. The van der Waals surface area contributed by atoms with Crippen LogP contribution in [-0.2, 0) is 19.2 Å². The summed E-state index contributed by atoms with van der Waals surface area (Å²) in [5.41, 5.74) is 0. The molecule has 0 unspecified atom stereocenters. The van der Waals surface area contributed by atoms with Gasteiger partial charge in [-0.3, -0.25) is 9.59 Å². The van der Waals surface area contributed by atoms with Crippen molar-refractivity contribution in [1.29, 1.82) is 0 Å². The van der Waals surface area contributed by atoms with Crippen LogP contribution in [-0.4, -0.2) is 84.7 Å². The number of carbonyl (C=O) groups is 4. The van der Waals surface area contributed by atoms with Gasteiger partial charge in [-0.15, -0.1) is 0 Å². The second-order valence-corrected chi connectivity index (χ2v) is 3.96. The maximum absolute atomic E-state index is 10.4. The van der Waals surface area contributed by atoms with Crippen LogP contribution < -0.4 is 20.8 Å². The van der Waals surface area contributed by atoms with E-state index < -0.39 is 24.0 Å². The SMILES string of the molecule is O=C1CC[C@@H](C(=O)[O-])N1.O=C1CC[C@@H](C(=O)[O-])N1.[Ba+2]. The van der Waals surface area contributed by atoms with Crippen LogP contribution in [0.15, 0.2) is 0 Å². The Hall–Kier alpha value is -0.549. The van der Waals surface area contributed by atoms with E-state index in [0.29, 0.717) is 25.7 Å². The third-order valence-electron chi connectivity index (χ3n) is 2.56. The molecule has 2 N–H and O–H groups in total. The molecule has 19 heavy (non-hydrogen) atoms. The van der Waals surface area contributed by atoms with Crippen molar-refractivity contribution >= 4 is 72.6 Å². The van der Waals surface area contributed by atoms with Crippen molar-refractivity contribution < 1.29 is 29.4 Å². The number of hydrogen-bond donors (Lipinski definition) is 2. The van der Waals surface area contributed by atoms with Crippen LogP contribution in [0.2, 0.25) is 0 Å². The van der Waals surface area contributed by atoms with E-state index in [4.69, 9.17) is 0 Å². The Kier molecular flexibility index (Phi) is 8.34. The van der Waals surface area contributed by atoms with E-state index in [1.165, 1.54) is 0 Å². The van der Waals surface area contributed by atoms with Crippen molar-refractivity contribution in [1.82, 2.24) is 10.6 Å². The Morgan fingerprint density at radius 3 is 1.32 bits per heavy atom. The van der Waals surface area contributed by atoms with Crippen LogP contribution in [0.1, 0.15) is 25.7 Å². The fourth-order valence-corrected chi connectivity index (χ4v) is 1.58. The van der Waals surface area contributed by atoms with E-state index >= 15 is 0 Å². The van der Waals surface area contributed by atoms with Crippen molar-refractivity contribution in [2.45, 2.75) is 37.8 Å². The van der Waals surface area contributed by atoms with Gasteiger partial charge in [0.1, 0.15) is 0 Å². The molecule has 0 bridgehead atoms. The zero-order chi connectivity index (χ0) is 13.7. The predicted octanol–water partition coefficient (Wildman–Crippen LogP) is -4.35. The molecule has 100 valence electrons. The van der Waals surface area contributed by atoms with Crippen LogP contribution >= 0.6 is 0 Å². The molecular weight excluding hydrogens is 381 g/mol. The average Bonchev–Trinajstić information content (AvgIpc) is 2.88. The van der Waals surface area contributed by atoms with Crippen LogP contribution in [0.4, 0.5) is 0 Å². The Bertz CT molecular complexity index is 350. The summed E-state index contributed by atoms with van der Waals surface area (Å²) in [5.74, 6) is -2.80. The van der Waals surface area contributed by atoms with Gasteiger partial charge in [0.15, 0.2) is 0 Å². The zero-order valence-corrected chi connectivity index (χ0v) is 14.6. The molecule has 2 saturated heterocycles. The van der Waals surface area contributed by atoms with Crippen molar-refractivity contribution in [3.05, 3.63) is 0 Å². The summed E-state index contributed by atoms with van der Waals surface area (Å²) < 4.78 is 0. The summed E-state index contributed by atoms with van der Waals surface area (Å²) in [7, 11) is 0. The molecule has 2 amide bonds. The first kappa shape index (κ1) is 18.5. The van der Waals surface area contributed by atoms with Crippen LogP contribution in [0.25, 0.3) is 0 Å². The maximum Gasteiger partial charge on any atom is 2.00 e.